The van der Waals surface area contributed by atoms with Gasteiger partial charge in [0, 0.05) is 11.6 Å². The summed E-state index contributed by atoms with van der Waals surface area (Å²) in [5, 5.41) is 3.48. The Morgan fingerprint density at radius 1 is 1.43 bits per heavy atom. The van der Waals surface area contributed by atoms with Gasteiger partial charge in [-0.15, -0.1) is 0 Å². The number of nitrogens with one attached hydrogen (secondary N) is 1. The molecule has 0 saturated heterocycles. The van der Waals surface area contributed by atoms with Crippen LogP contribution in [0.2, 0.25) is 5.02 Å². The van der Waals surface area contributed by atoms with Crippen molar-refractivity contribution in [1.82, 2.24) is 0 Å². The van der Waals surface area contributed by atoms with E-state index in [9.17, 15) is 4.79 Å². The van der Waals surface area contributed by atoms with Crippen LogP contribution in [-0.4, -0.2) is 19.6 Å². The fourth-order valence-corrected chi connectivity index (χ4v) is 3.84. The summed E-state index contributed by atoms with van der Waals surface area (Å²) < 4.78 is 6.04. The number of anilines is 1. The van der Waals surface area contributed by atoms with E-state index in [1.54, 1.807) is 19.2 Å². The van der Waals surface area contributed by atoms with E-state index in [-0.39, 0.29) is 5.91 Å². The first-order valence-corrected chi connectivity index (χ1v) is 8.24. The van der Waals surface area contributed by atoms with Crippen molar-refractivity contribution < 1.29 is 9.53 Å². The zero-order valence-corrected chi connectivity index (χ0v) is 14.4. The molecular weight excluding hydrogens is 356 g/mol. The minimum absolute atomic E-state index is 0.0443. The van der Waals surface area contributed by atoms with Gasteiger partial charge in [0.1, 0.15) is 0 Å². The molecule has 2 rings (SSSR count). The normalized spacial score (nSPS) is 17.3. The number of amides is 1. The Morgan fingerprint density at radius 2 is 2.10 bits per heavy atom. The van der Waals surface area contributed by atoms with E-state index in [1.807, 2.05) is 0 Å². The molecule has 0 bridgehead atoms. The molecule has 0 unspecified atom stereocenters. The monoisotopic (exact) mass is 374 g/mol. The topological polar surface area (TPSA) is 64.3 Å². The van der Waals surface area contributed by atoms with Crippen molar-refractivity contribution in [2.24, 2.45) is 11.1 Å². The number of rotatable bonds is 4. The van der Waals surface area contributed by atoms with Crippen LogP contribution < -0.4 is 15.8 Å². The van der Waals surface area contributed by atoms with Crippen LogP contribution in [0, 0.1) is 5.41 Å². The van der Waals surface area contributed by atoms with Gasteiger partial charge in [0.25, 0.3) is 0 Å². The fraction of sp³-hybridized carbons (Fsp3) is 0.533. The third-order valence-electron chi connectivity index (χ3n) is 4.14. The Bertz CT molecular complexity index is 531. The summed E-state index contributed by atoms with van der Waals surface area (Å²) in [7, 11) is 1.56. The van der Waals surface area contributed by atoms with Gasteiger partial charge in [-0.25, -0.2) is 0 Å². The summed E-state index contributed by atoms with van der Waals surface area (Å²) in [6.45, 7) is 0.364. The van der Waals surface area contributed by atoms with Crippen molar-refractivity contribution in [2.45, 2.75) is 32.1 Å². The van der Waals surface area contributed by atoms with E-state index in [1.165, 1.54) is 6.42 Å². The Balaban J connectivity index is 2.26. The lowest BCUT2D eigenvalue weighted by Gasteiger charge is -2.34. The molecule has 1 fully saturated rings. The largest absolute Gasteiger partial charge is 0.493 e. The Kier molecular flexibility index (Phi) is 5.52. The number of halogens is 2. The lowest BCUT2D eigenvalue weighted by Crippen LogP contribution is -2.43. The van der Waals surface area contributed by atoms with Crippen LogP contribution in [-0.2, 0) is 4.79 Å². The minimum Gasteiger partial charge on any atom is -0.493 e. The first kappa shape index (κ1) is 16.6. The average molecular weight is 376 g/mol. The zero-order chi connectivity index (χ0) is 15.5. The summed E-state index contributed by atoms with van der Waals surface area (Å²) in [6, 6.07) is 3.42. The molecule has 1 aromatic rings. The van der Waals surface area contributed by atoms with E-state index in [0.717, 1.165) is 25.7 Å². The SMILES string of the molecule is COc1c(Br)cc(Cl)cc1NC(=O)C1(CN)CCCCC1. The number of carbonyl (C=O) groups is 1. The Hall–Kier alpha value is -0.780. The highest BCUT2D eigenvalue weighted by Crippen LogP contribution is 2.40. The van der Waals surface area contributed by atoms with Crippen LogP contribution in [0.1, 0.15) is 32.1 Å². The molecule has 1 aromatic carbocycles. The minimum atomic E-state index is -0.474. The van der Waals surface area contributed by atoms with Gasteiger partial charge in [-0.05, 0) is 40.9 Å². The molecule has 0 spiro atoms. The molecular formula is C15H20BrClN2O2. The van der Waals surface area contributed by atoms with Crippen molar-refractivity contribution in [3.8, 4) is 5.75 Å². The third-order valence-corrected chi connectivity index (χ3v) is 4.95. The highest BCUT2D eigenvalue weighted by Gasteiger charge is 2.38. The average Bonchev–Trinajstić information content (AvgIpc) is 2.47. The van der Waals surface area contributed by atoms with Gasteiger partial charge in [0.15, 0.2) is 5.75 Å². The molecule has 4 nitrogen and oxygen atoms in total. The molecule has 1 aliphatic rings. The predicted molar refractivity (Wildman–Crippen MR) is 88.9 cm³/mol. The van der Waals surface area contributed by atoms with Crippen molar-refractivity contribution in [3.63, 3.8) is 0 Å². The van der Waals surface area contributed by atoms with E-state index in [2.05, 4.69) is 21.2 Å². The Labute approximate surface area is 138 Å². The highest BCUT2D eigenvalue weighted by atomic mass is 79.9. The van der Waals surface area contributed by atoms with Crippen LogP contribution in [0.25, 0.3) is 0 Å². The summed E-state index contributed by atoms with van der Waals surface area (Å²) in [5.74, 6) is 0.521. The predicted octanol–water partition coefficient (Wildman–Crippen LogP) is 3.96. The molecule has 0 aromatic heterocycles. The van der Waals surface area contributed by atoms with Gasteiger partial charge in [-0.2, -0.15) is 0 Å². The second kappa shape index (κ2) is 6.99. The van der Waals surface area contributed by atoms with E-state index in [0.29, 0.717) is 27.5 Å². The molecule has 0 radical (unpaired) electrons. The molecule has 1 amide bonds. The molecule has 6 heteroatoms. The molecule has 0 atom stereocenters. The van der Waals surface area contributed by atoms with Crippen molar-refractivity contribution in [2.75, 3.05) is 19.0 Å². The summed E-state index contributed by atoms with van der Waals surface area (Å²) in [4.78, 5) is 12.7. The lowest BCUT2D eigenvalue weighted by molar-refractivity contribution is -0.126. The fourth-order valence-electron chi connectivity index (χ4n) is 2.87. The van der Waals surface area contributed by atoms with Crippen molar-refractivity contribution in [3.05, 3.63) is 21.6 Å². The number of ether oxygens (including phenoxy) is 1. The maximum absolute atomic E-state index is 12.7. The van der Waals surface area contributed by atoms with Gasteiger partial charge in [0.05, 0.1) is 22.7 Å². The number of nitrogens with two attached hydrogens (primary N) is 1. The standard InChI is InChI=1S/C15H20BrClN2O2/c1-21-13-11(16)7-10(17)8-12(13)19-14(20)15(9-18)5-3-2-4-6-15/h7-8H,2-6,9,18H2,1H3,(H,19,20). The van der Waals surface area contributed by atoms with Crippen LogP contribution >= 0.6 is 27.5 Å². The number of benzene rings is 1. The zero-order valence-electron chi connectivity index (χ0n) is 12.0. The van der Waals surface area contributed by atoms with Gasteiger partial charge in [0.2, 0.25) is 5.91 Å². The van der Waals surface area contributed by atoms with Crippen molar-refractivity contribution in [1.29, 1.82) is 0 Å². The molecule has 21 heavy (non-hydrogen) atoms. The Morgan fingerprint density at radius 3 is 2.67 bits per heavy atom. The summed E-state index contributed by atoms with van der Waals surface area (Å²) in [6.07, 6.45) is 4.92. The first-order valence-electron chi connectivity index (χ1n) is 7.07. The molecule has 1 aliphatic carbocycles. The van der Waals surface area contributed by atoms with Gasteiger partial charge < -0.3 is 15.8 Å². The maximum Gasteiger partial charge on any atom is 0.231 e. The van der Waals surface area contributed by atoms with Crippen LogP contribution in [0.5, 0.6) is 5.75 Å². The van der Waals surface area contributed by atoms with Crippen LogP contribution in [0.15, 0.2) is 16.6 Å². The number of carbonyl (C=O) groups excluding carboxylic acids is 1. The number of hydrogen-bond acceptors (Lipinski definition) is 3. The summed E-state index contributed by atoms with van der Waals surface area (Å²) >= 11 is 9.44. The van der Waals surface area contributed by atoms with Crippen LogP contribution in [0.3, 0.4) is 0 Å². The van der Waals surface area contributed by atoms with Crippen molar-refractivity contribution >= 4 is 39.1 Å². The van der Waals surface area contributed by atoms with E-state index < -0.39 is 5.41 Å². The molecule has 3 N–H and O–H groups in total. The second-order valence-corrected chi connectivity index (χ2v) is 6.76. The second-order valence-electron chi connectivity index (χ2n) is 5.47. The van der Waals surface area contributed by atoms with Gasteiger partial charge >= 0.3 is 0 Å². The van der Waals surface area contributed by atoms with Gasteiger partial charge in [-0.3, -0.25) is 4.79 Å². The van der Waals surface area contributed by atoms with Gasteiger partial charge in [-0.1, -0.05) is 30.9 Å². The molecule has 116 valence electrons. The van der Waals surface area contributed by atoms with E-state index >= 15 is 0 Å². The third kappa shape index (κ3) is 3.52. The first-order chi connectivity index (χ1) is 10.0. The summed E-state index contributed by atoms with van der Waals surface area (Å²) in [5.41, 5.74) is 5.99. The highest BCUT2D eigenvalue weighted by molar-refractivity contribution is 9.10. The smallest absolute Gasteiger partial charge is 0.231 e. The molecule has 0 heterocycles. The van der Waals surface area contributed by atoms with E-state index in [4.69, 9.17) is 22.1 Å². The molecule has 0 aliphatic heterocycles. The maximum atomic E-state index is 12.7. The lowest BCUT2D eigenvalue weighted by atomic mass is 9.73. The molecule has 1 saturated carbocycles. The quantitative estimate of drug-likeness (QED) is 0.837. The van der Waals surface area contributed by atoms with Crippen LogP contribution in [0.4, 0.5) is 5.69 Å². The number of methoxy groups -OCH3 is 1. The number of hydrogen-bond donors (Lipinski definition) is 2.